The third-order valence-electron chi connectivity index (χ3n) is 2.63. The number of hydrogen-bond acceptors (Lipinski definition) is 3. The quantitative estimate of drug-likeness (QED) is 0.913. The average molecular weight is 270 g/mol. The van der Waals surface area contributed by atoms with E-state index in [1.54, 1.807) is 11.3 Å². The number of aromatic nitrogens is 2. The molecule has 0 radical (unpaired) electrons. The summed E-state index contributed by atoms with van der Waals surface area (Å²) in [6, 6.07) is 4.25. The van der Waals surface area contributed by atoms with Crippen molar-refractivity contribution in [2.24, 2.45) is 7.05 Å². The van der Waals surface area contributed by atoms with Crippen molar-refractivity contribution in [2.45, 2.75) is 26.3 Å². The van der Waals surface area contributed by atoms with E-state index in [2.05, 4.69) is 30.3 Å². The molecule has 1 atom stereocenters. The van der Waals surface area contributed by atoms with Crippen LogP contribution >= 0.6 is 22.9 Å². The van der Waals surface area contributed by atoms with Crippen LogP contribution in [0.2, 0.25) is 4.34 Å². The van der Waals surface area contributed by atoms with Gasteiger partial charge in [-0.1, -0.05) is 18.5 Å². The van der Waals surface area contributed by atoms with Gasteiger partial charge < -0.3 is 5.32 Å². The van der Waals surface area contributed by atoms with E-state index in [1.807, 2.05) is 24.0 Å². The lowest BCUT2D eigenvalue weighted by atomic mass is 10.2. The van der Waals surface area contributed by atoms with Crippen LogP contribution in [0, 0.1) is 0 Å². The van der Waals surface area contributed by atoms with E-state index in [0.717, 1.165) is 22.1 Å². The van der Waals surface area contributed by atoms with Gasteiger partial charge in [0.1, 0.15) is 0 Å². The Bertz CT molecular complexity index is 504. The van der Waals surface area contributed by atoms with Crippen molar-refractivity contribution in [3.8, 4) is 0 Å². The predicted octanol–water partition coefficient (Wildman–Crippen LogP) is 3.87. The minimum atomic E-state index is 0.252. The van der Waals surface area contributed by atoms with Crippen LogP contribution < -0.4 is 5.32 Å². The van der Waals surface area contributed by atoms with Gasteiger partial charge in [-0.05, 0) is 25.5 Å². The first kappa shape index (κ1) is 12.5. The molecular formula is C12H16ClN3S. The zero-order valence-electron chi connectivity index (χ0n) is 10.2. The molecular weight excluding hydrogens is 254 g/mol. The minimum Gasteiger partial charge on any atom is -0.375 e. The molecule has 1 unspecified atom stereocenters. The first-order valence-corrected chi connectivity index (χ1v) is 6.84. The first-order chi connectivity index (χ1) is 8.10. The average Bonchev–Trinajstić information content (AvgIpc) is 2.85. The monoisotopic (exact) mass is 269 g/mol. The predicted molar refractivity (Wildman–Crippen MR) is 74.0 cm³/mol. The van der Waals surface area contributed by atoms with Crippen molar-refractivity contribution in [1.29, 1.82) is 0 Å². The summed E-state index contributed by atoms with van der Waals surface area (Å²) in [7, 11) is 1.94. The number of aryl methyl sites for hydroxylation is 2. The maximum absolute atomic E-state index is 5.94. The van der Waals surface area contributed by atoms with Crippen molar-refractivity contribution in [2.75, 3.05) is 5.32 Å². The molecule has 0 amide bonds. The number of anilines is 1. The Morgan fingerprint density at radius 1 is 1.53 bits per heavy atom. The summed E-state index contributed by atoms with van der Waals surface area (Å²) < 4.78 is 2.67. The SMILES string of the molecule is CCc1nn(C)cc1NC(C)c1ccc(Cl)s1. The number of halogens is 1. The summed E-state index contributed by atoms with van der Waals surface area (Å²) in [6.45, 7) is 4.24. The Hall–Kier alpha value is -1.000. The smallest absolute Gasteiger partial charge is 0.0932 e. The van der Waals surface area contributed by atoms with Crippen molar-refractivity contribution < 1.29 is 0 Å². The topological polar surface area (TPSA) is 29.9 Å². The van der Waals surface area contributed by atoms with Gasteiger partial charge in [-0.3, -0.25) is 4.68 Å². The van der Waals surface area contributed by atoms with E-state index in [0.29, 0.717) is 0 Å². The Morgan fingerprint density at radius 2 is 2.29 bits per heavy atom. The molecule has 0 aliphatic carbocycles. The summed E-state index contributed by atoms with van der Waals surface area (Å²) in [6.07, 6.45) is 2.95. The van der Waals surface area contributed by atoms with Crippen LogP contribution in [0.15, 0.2) is 18.3 Å². The Kier molecular flexibility index (Phi) is 3.74. The second kappa shape index (κ2) is 5.10. The molecule has 92 valence electrons. The molecule has 17 heavy (non-hydrogen) atoms. The molecule has 1 N–H and O–H groups in total. The molecule has 3 nitrogen and oxygen atoms in total. The van der Waals surface area contributed by atoms with Crippen LogP contribution in [0.25, 0.3) is 0 Å². The number of nitrogens with one attached hydrogen (secondary N) is 1. The fourth-order valence-electron chi connectivity index (χ4n) is 1.78. The zero-order valence-corrected chi connectivity index (χ0v) is 11.8. The lowest BCUT2D eigenvalue weighted by Gasteiger charge is -2.12. The summed E-state index contributed by atoms with van der Waals surface area (Å²) >= 11 is 7.56. The Balaban J connectivity index is 2.14. The first-order valence-electron chi connectivity index (χ1n) is 5.64. The molecule has 0 aromatic carbocycles. The number of rotatable bonds is 4. The fraction of sp³-hybridized carbons (Fsp3) is 0.417. The lowest BCUT2D eigenvalue weighted by Crippen LogP contribution is -2.05. The van der Waals surface area contributed by atoms with Crippen LogP contribution in [0.3, 0.4) is 0 Å². The molecule has 0 bridgehead atoms. The highest BCUT2D eigenvalue weighted by Gasteiger charge is 2.12. The highest BCUT2D eigenvalue weighted by Crippen LogP contribution is 2.29. The molecule has 0 fully saturated rings. The Labute approximate surface area is 110 Å². The van der Waals surface area contributed by atoms with Gasteiger partial charge in [-0.25, -0.2) is 0 Å². The molecule has 0 saturated carbocycles. The highest BCUT2D eigenvalue weighted by atomic mass is 35.5. The van der Waals surface area contributed by atoms with Crippen molar-refractivity contribution in [3.63, 3.8) is 0 Å². The van der Waals surface area contributed by atoms with Crippen molar-refractivity contribution in [3.05, 3.63) is 33.2 Å². The number of hydrogen-bond donors (Lipinski definition) is 1. The van der Waals surface area contributed by atoms with E-state index in [4.69, 9.17) is 11.6 Å². The molecule has 2 rings (SSSR count). The van der Waals surface area contributed by atoms with Crippen LogP contribution in [-0.2, 0) is 13.5 Å². The molecule has 2 aromatic rings. The van der Waals surface area contributed by atoms with E-state index in [1.165, 1.54) is 4.88 Å². The molecule has 2 aromatic heterocycles. The minimum absolute atomic E-state index is 0.252. The third kappa shape index (κ3) is 2.82. The largest absolute Gasteiger partial charge is 0.375 e. The molecule has 0 aliphatic heterocycles. The lowest BCUT2D eigenvalue weighted by molar-refractivity contribution is 0.746. The normalized spacial score (nSPS) is 12.7. The molecule has 2 heterocycles. The summed E-state index contributed by atoms with van der Waals surface area (Å²) in [4.78, 5) is 1.24. The van der Waals surface area contributed by atoms with Gasteiger partial charge in [-0.15, -0.1) is 11.3 Å². The molecule has 0 aliphatic rings. The summed E-state index contributed by atoms with van der Waals surface area (Å²) in [5.74, 6) is 0. The fourth-order valence-corrected chi connectivity index (χ4v) is 2.84. The zero-order chi connectivity index (χ0) is 12.4. The van der Waals surface area contributed by atoms with Gasteiger partial charge >= 0.3 is 0 Å². The van der Waals surface area contributed by atoms with Crippen LogP contribution in [0.1, 0.15) is 30.5 Å². The van der Waals surface area contributed by atoms with Crippen LogP contribution in [-0.4, -0.2) is 9.78 Å². The number of thiophene rings is 1. The van der Waals surface area contributed by atoms with Crippen LogP contribution in [0.4, 0.5) is 5.69 Å². The second-order valence-electron chi connectivity index (χ2n) is 4.02. The number of nitrogens with zero attached hydrogens (tertiary/aromatic N) is 2. The van der Waals surface area contributed by atoms with E-state index in [-0.39, 0.29) is 6.04 Å². The summed E-state index contributed by atoms with van der Waals surface area (Å²) in [5, 5.41) is 7.89. The van der Waals surface area contributed by atoms with Gasteiger partial charge in [-0.2, -0.15) is 5.10 Å². The van der Waals surface area contributed by atoms with Crippen molar-refractivity contribution in [1.82, 2.24) is 9.78 Å². The highest BCUT2D eigenvalue weighted by molar-refractivity contribution is 7.16. The standard InChI is InChI=1S/C12H16ClN3S/c1-4-9-10(7-16(3)15-9)14-8(2)11-5-6-12(13)17-11/h5-8,14H,4H2,1-3H3. The van der Waals surface area contributed by atoms with Gasteiger partial charge in [0.25, 0.3) is 0 Å². The molecule has 5 heteroatoms. The van der Waals surface area contributed by atoms with Crippen LogP contribution in [0.5, 0.6) is 0 Å². The maximum atomic E-state index is 5.94. The third-order valence-corrected chi connectivity index (χ3v) is 4.05. The molecule has 0 saturated heterocycles. The van der Waals surface area contributed by atoms with Gasteiger partial charge in [0.2, 0.25) is 0 Å². The van der Waals surface area contributed by atoms with Gasteiger partial charge in [0, 0.05) is 18.1 Å². The molecule has 0 spiro atoms. The summed E-state index contributed by atoms with van der Waals surface area (Å²) in [5.41, 5.74) is 2.20. The van der Waals surface area contributed by atoms with E-state index < -0.39 is 0 Å². The Morgan fingerprint density at radius 3 is 2.88 bits per heavy atom. The van der Waals surface area contributed by atoms with Gasteiger partial charge in [0.15, 0.2) is 0 Å². The van der Waals surface area contributed by atoms with Gasteiger partial charge in [0.05, 0.1) is 21.8 Å². The van der Waals surface area contributed by atoms with E-state index in [9.17, 15) is 0 Å². The van der Waals surface area contributed by atoms with Crippen molar-refractivity contribution >= 4 is 28.6 Å². The maximum Gasteiger partial charge on any atom is 0.0932 e. The second-order valence-corrected chi connectivity index (χ2v) is 5.77. The van der Waals surface area contributed by atoms with E-state index >= 15 is 0 Å².